The van der Waals surface area contributed by atoms with Crippen LogP contribution in [0.15, 0.2) is 0 Å². The Morgan fingerprint density at radius 1 is 0.941 bits per heavy atom. The third-order valence-corrected chi connectivity index (χ3v) is 4.05. The molecule has 0 aromatic carbocycles. The first-order chi connectivity index (χ1) is 7.62. The van der Waals surface area contributed by atoms with E-state index in [1.165, 1.54) is 12.8 Å². The van der Waals surface area contributed by atoms with Crippen molar-refractivity contribution in [2.75, 3.05) is 12.8 Å². The van der Waals surface area contributed by atoms with E-state index in [-0.39, 0.29) is 21.1 Å². The molecular formula is C12H27MoO3P. The molecule has 1 N–H and O–H groups in total. The molecule has 0 aromatic rings. The Bertz CT molecular complexity index is 200. The number of hydrogen-bond donors (Lipinski definition) is 1. The average Bonchev–Trinajstić information content (AvgIpc) is 2.24. The molecule has 0 aliphatic rings. The summed E-state index contributed by atoms with van der Waals surface area (Å²) in [5.74, 6) is 0. The summed E-state index contributed by atoms with van der Waals surface area (Å²) in [6.45, 7) is 4.70. The molecule has 0 spiro atoms. The van der Waals surface area contributed by atoms with Crippen LogP contribution in [0, 0.1) is 0 Å². The molecule has 0 aliphatic heterocycles. The summed E-state index contributed by atoms with van der Waals surface area (Å²) in [6.07, 6.45) is 8.77. The molecule has 0 aliphatic carbocycles. The van der Waals surface area contributed by atoms with Gasteiger partial charge in [-0.25, -0.2) is 0 Å². The Morgan fingerprint density at radius 2 is 1.47 bits per heavy atom. The summed E-state index contributed by atoms with van der Waals surface area (Å²) in [6, 6.07) is 0. The van der Waals surface area contributed by atoms with Crippen molar-refractivity contribution >= 4 is 7.60 Å². The molecule has 0 radical (unpaired) electrons. The van der Waals surface area contributed by atoms with E-state index in [0.29, 0.717) is 12.8 Å². The zero-order chi connectivity index (χ0) is 12.3. The van der Waals surface area contributed by atoms with Crippen molar-refractivity contribution in [2.45, 2.75) is 65.2 Å². The standard InChI is InChI=1S/C12H27O3P.Mo/c1-3-5-7-9-11-15-16(13,14)12-10-8-6-4-2;/h3-12H2,1-2H3,(H,13,14);. The van der Waals surface area contributed by atoms with Gasteiger partial charge in [-0.3, -0.25) is 4.57 Å². The van der Waals surface area contributed by atoms with Gasteiger partial charge in [0, 0.05) is 27.2 Å². The van der Waals surface area contributed by atoms with Crippen molar-refractivity contribution in [3.05, 3.63) is 0 Å². The summed E-state index contributed by atoms with van der Waals surface area (Å²) < 4.78 is 16.6. The molecule has 1 unspecified atom stereocenters. The van der Waals surface area contributed by atoms with Crippen molar-refractivity contribution in [1.29, 1.82) is 0 Å². The van der Waals surface area contributed by atoms with Crippen LogP contribution in [-0.2, 0) is 30.2 Å². The van der Waals surface area contributed by atoms with Crippen LogP contribution in [0.25, 0.3) is 0 Å². The first kappa shape index (κ1) is 20.2. The quantitative estimate of drug-likeness (QED) is 0.344. The summed E-state index contributed by atoms with van der Waals surface area (Å²) in [5.41, 5.74) is 0. The van der Waals surface area contributed by atoms with E-state index in [1.54, 1.807) is 0 Å². The number of rotatable bonds is 11. The van der Waals surface area contributed by atoms with Crippen LogP contribution in [0.5, 0.6) is 0 Å². The molecule has 0 saturated carbocycles. The summed E-state index contributed by atoms with van der Waals surface area (Å²) >= 11 is 0. The first-order valence-corrected chi connectivity index (χ1v) is 8.35. The predicted octanol–water partition coefficient (Wildman–Crippen LogP) is 4.35. The van der Waals surface area contributed by atoms with Crippen LogP contribution in [0.2, 0.25) is 0 Å². The van der Waals surface area contributed by atoms with E-state index in [9.17, 15) is 9.46 Å². The minimum Gasteiger partial charge on any atom is -0.324 e. The van der Waals surface area contributed by atoms with E-state index in [2.05, 4.69) is 13.8 Å². The van der Waals surface area contributed by atoms with E-state index in [0.717, 1.165) is 38.5 Å². The van der Waals surface area contributed by atoms with Crippen LogP contribution < -0.4 is 0 Å². The largest absolute Gasteiger partial charge is 0.328 e. The Hall–Kier alpha value is 0.838. The van der Waals surface area contributed by atoms with Crippen molar-refractivity contribution in [3.8, 4) is 0 Å². The summed E-state index contributed by atoms with van der Waals surface area (Å²) in [5, 5.41) is 0. The van der Waals surface area contributed by atoms with Gasteiger partial charge in [0.1, 0.15) is 0 Å². The third-order valence-electron chi connectivity index (χ3n) is 2.59. The Morgan fingerprint density at radius 3 is 2.00 bits per heavy atom. The SMILES string of the molecule is CCCCCCOP(=O)(O)CCCCCC.[Mo]. The average molecular weight is 346 g/mol. The van der Waals surface area contributed by atoms with Gasteiger partial charge in [-0.1, -0.05) is 52.4 Å². The maximum Gasteiger partial charge on any atom is 0.328 e. The second-order valence-electron chi connectivity index (χ2n) is 4.32. The second kappa shape index (κ2) is 13.3. The molecule has 0 saturated heterocycles. The molecule has 0 rings (SSSR count). The Balaban J connectivity index is 0. The molecule has 0 bridgehead atoms. The normalized spacial score (nSPS) is 14.1. The zero-order valence-corrected chi connectivity index (χ0v) is 14.1. The van der Waals surface area contributed by atoms with Crippen LogP contribution in [-0.4, -0.2) is 17.7 Å². The van der Waals surface area contributed by atoms with E-state index < -0.39 is 7.60 Å². The van der Waals surface area contributed by atoms with Gasteiger partial charge in [-0.15, -0.1) is 0 Å². The molecule has 1 atom stereocenters. The Labute approximate surface area is 121 Å². The van der Waals surface area contributed by atoms with Gasteiger partial charge in [0.15, 0.2) is 0 Å². The second-order valence-corrected chi connectivity index (χ2v) is 6.30. The predicted molar refractivity (Wildman–Crippen MR) is 68.9 cm³/mol. The minimum atomic E-state index is -3.28. The van der Waals surface area contributed by atoms with Crippen LogP contribution in [0.4, 0.5) is 0 Å². The number of hydrogen-bond acceptors (Lipinski definition) is 2. The van der Waals surface area contributed by atoms with Gasteiger partial charge >= 0.3 is 7.60 Å². The van der Waals surface area contributed by atoms with E-state index in [1.807, 2.05) is 0 Å². The van der Waals surface area contributed by atoms with Crippen LogP contribution in [0.1, 0.15) is 65.2 Å². The smallest absolute Gasteiger partial charge is 0.324 e. The fourth-order valence-electron chi connectivity index (χ4n) is 1.54. The first-order valence-electron chi connectivity index (χ1n) is 6.58. The monoisotopic (exact) mass is 348 g/mol. The zero-order valence-electron chi connectivity index (χ0n) is 11.2. The topological polar surface area (TPSA) is 46.5 Å². The van der Waals surface area contributed by atoms with Crippen molar-refractivity contribution in [3.63, 3.8) is 0 Å². The van der Waals surface area contributed by atoms with Crippen LogP contribution in [0.3, 0.4) is 0 Å². The molecule has 0 fully saturated rings. The van der Waals surface area contributed by atoms with E-state index in [4.69, 9.17) is 4.52 Å². The molecule has 104 valence electrons. The van der Waals surface area contributed by atoms with Gasteiger partial charge in [-0.05, 0) is 12.8 Å². The van der Waals surface area contributed by atoms with Gasteiger partial charge in [0.25, 0.3) is 0 Å². The van der Waals surface area contributed by atoms with Crippen molar-refractivity contribution in [2.24, 2.45) is 0 Å². The van der Waals surface area contributed by atoms with E-state index >= 15 is 0 Å². The maximum atomic E-state index is 11.5. The third kappa shape index (κ3) is 14.8. The molecule has 0 heterocycles. The van der Waals surface area contributed by atoms with Gasteiger partial charge < -0.3 is 9.42 Å². The Kier molecular flexibility index (Phi) is 15.7. The molecular weight excluding hydrogens is 319 g/mol. The molecule has 0 aromatic heterocycles. The summed E-state index contributed by atoms with van der Waals surface area (Å²) in [4.78, 5) is 9.50. The van der Waals surface area contributed by atoms with Gasteiger partial charge in [-0.2, -0.15) is 0 Å². The van der Waals surface area contributed by atoms with Crippen molar-refractivity contribution < 1.29 is 35.0 Å². The number of unbranched alkanes of at least 4 members (excludes halogenated alkanes) is 6. The molecule has 3 nitrogen and oxygen atoms in total. The fraction of sp³-hybridized carbons (Fsp3) is 1.00. The maximum absolute atomic E-state index is 11.5. The minimum absolute atomic E-state index is 0. The van der Waals surface area contributed by atoms with Gasteiger partial charge in [0.05, 0.1) is 6.61 Å². The van der Waals surface area contributed by atoms with Gasteiger partial charge in [0.2, 0.25) is 0 Å². The molecule has 0 amide bonds. The van der Waals surface area contributed by atoms with Crippen LogP contribution >= 0.6 is 7.60 Å². The molecule has 17 heavy (non-hydrogen) atoms. The summed E-state index contributed by atoms with van der Waals surface area (Å²) in [7, 11) is -3.28. The molecule has 5 heteroatoms. The van der Waals surface area contributed by atoms with Crippen molar-refractivity contribution in [1.82, 2.24) is 0 Å². The fourth-order valence-corrected chi connectivity index (χ4v) is 2.71.